The quantitative estimate of drug-likeness (QED) is 0.0211. The molecule has 2 atom stereocenters. The minimum absolute atomic E-state index is 0.0250. The Labute approximate surface area is 511 Å². The average molecular weight is 1180 g/mol. The molecule has 0 saturated heterocycles. The maximum Gasteiger partial charge on any atom is 0.472 e. The Balaban J connectivity index is 4.09. The van der Waals surface area contributed by atoms with Crippen LogP contribution < -0.4 is 0 Å². The van der Waals surface area contributed by atoms with Crippen LogP contribution in [0.5, 0.6) is 0 Å². The fourth-order valence-electron chi connectivity index (χ4n) is 8.80. The third-order valence-corrected chi connectivity index (χ3v) is 14.9. The molecule has 2 unspecified atom stereocenters. The molecule has 83 heavy (non-hydrogen) atoms. The largest absolute Gasteiger partial charge is 0.472 e. The van der Waals surface area contributed by atoms with Gasteiger partial charge in [-0.25, -0.2) is 4.57 Å². The number of phosphoric acid groups is 1. The Morgan fingerprint density at radius 1 is 0.386 bits per heavy atom. The first-order valence-electron chi connectivity index (χ1n) is 33.4. The van der Waals surface area contributed by atoms with E-state index in [1.54, 1.807) is 0 Å². The lowest BCUT2D eigenvalue weighted by Gasteiger charge is -2.24. The molecule has 0 spiro atoms. The highest BCUT2D eigenvalue weighted by Gasteiger charge is 2.27. The van der Waals surface area contributed by atoms with Crippen molar-refractivity contribution in [3.05, 3.63) is 134 Å². The van der Waals surface area contributed by atoms with Crippen molar-refractivity contribution in [1.82, 2.24) is 0 Å². The summed E-state index contributed by atoms with van der Waals surface area (Å²) in [4.78, 5) is 35.8. The van der Waals surface area contributed by atoms with E-state index in [1.165, 1.54) is 109 Å². The minimum atomic E-state index is -4.40. The molecular formula is C73H125NO8P+. The van der Waals surface area contributed by atoms with Gasteiger partial charge >= 0.3 is 19.8 Å². The summed E-state index contributed by atoms with van der Waals surface area (Å²) in [6.07, 6.45) is 91.1. The highest BCUT2D eigenvalue weighted by atomic mass is 31.2. The van der Waals surface area contributed by atoms with Crippen LogP contribution in [0.15, 0.2) is 134 Å². The molecule has 10 heteroatoms. The highest BCUT2D eigenvalue weighted by Crippen LogP contribution is 2.43. The van der Waals surface area contributed by atoms with Crippen molar-refractivity contribution in [2.45, 2.75) is 270 Å². The molecule has 0 radical (unpaired) electrons. The molecule has 0 heterocycles. The molecule has 9 nitrogen and oxygen atoms in total. The smallest absolute Gasteiger partial charge is 0.462 e. The SMILES string of the molecule is CC/C=C\C/C=C\C/C=C\C/C=C\C/C=C\C/C=C\C/C=C\C/C=C\C/C=C\C/C=C\CCCCCCCCCCCCC(=O)OC(COC(=O)CCCCCCCCC/C=C\CCCCCCCCC)COP(=O)(O)OCC[N+](C)(C)C. The number of unbranched alkanes of at least 4 members (excludes halogenated alkanes) is 24. The molecule has 0 aliphatic rings. The monoisotopic (exact) mass is 1170 g/mol. The summed E-state index contributed by atoms with van der Waals surface area (Å²) in [5.41, 5.74) is 0. The van der Waals surface area contributed by atoms with Crippen molar-refractivity contribution < 1.29 is 42.1 Å². The number of hydrogen-bond acceptors (Lipinski definition) is 7. The number of nitrogens with zero attached hydrogens (tertiary/aromatic N) is 1. The van der Waals surface area contributed by atoms with Gasteiger partial charge in [0.1, 0.15) is 19.8 Å². The van der Waals surface area contributed by atoms with Gasteiger partial charge in [-0.2, -0.15) is 0 Å². The van der Waals surface area contributed by atoms with Crippen molar-refractivity contribution in [3.8, 4) is 0 Å². The third-order valence-electron chi connectivity index (χ3n) is 13.9. The predicted octanol–water partition coefficient (Wildman–Crippen LogP) is 21.7. The number of quaternary nitrogens is 1. The maximum atomic E-state index is 12.9. The van der Waals surface area contributed by atoms with Gasteiger partial charge in [-0.15, -0.1) is 0 Å². The van der Waals surface area contributed by atoms with Crippen molar-refractivity contribution in [3.63, 3.8) is 0 Å². The van der Waals surface area contributed by atoms with Crippen LogP contribution in [0.1, 0.15) is 264 Å². The van der Waals surface area contributed by atoms with E-state index >= 15 is 0 Å². The van der Waals surface area contributed by atoms with E-state index in [2.05, 4.69) is 148 Å². The average Bonchev–Trinajstić information content (AvgIpc) is 3.48. The molecule has 0 aromatic heterocycles. The molecule has 0 amide bonds. The number of likely N-dealkylation sites (N-methyl/N-ethyl adjacent to an activating group) is 1. The van der Waals surface area contributed by atoms with E-state index in [9.17, 15) is 19.0 Å². The molecule has 1 N–H and O–H groups in total. The zero-order valence-electron chi connectivity index (χ0n) is 53.9. The van der Waals surface area contributed by atoms with Crippen LogP contribution >= 0.6 is 7.82 Å². The Morgan fingerprint density at radius 2 is 0.687 bits per heavy atom. The number of allylic oxidation sites excluding steroid dienone is 22. The van der Waals surface area contributed by atoms with Gasteiger partial charge in [-0.05, 0) is 116 Å². The topological polar surface area (TPSA) is 108 Å². The number of ether oxygens (including phenoxy) is 2. The zero-order valence-corrected chi connectivity index (χ0v) is 54.8. The van der Waals surface area contributed by atoms with E-state index in [-0.39, 0.29) is 32.0 Å². The number of carbonyl (C=O) groups excluding carboxylic acids is 2. The molecule has 474 valence electrons. The lowest BCUT2D eigenvalue weighted by molar-refractivity contribution is -0.870. The number of phosphoric ester groups is 1. The van der Waals surface area contributed by atoms with Crippen LogP contribution in [-0.4, -0.2) is 74.9 Å². The fourth-order valence-corrected chi connectivity index (χ4v) is 9.55. The van der Waals surface area contributed by atoms with E-state index in [1.807, 2.05) is 21.1 Å². The summed E-state index contributed by atoms with van der Waals surface area (Å²) < 4.78 is 34.6. The molecule has 0 aliphatic heterocycles. The Hall–Kier alpha value is -3.85. The van der Waals surface area contributed by atoms with Crippen molar-refractivity contribution in [2.75, 3.05) is 47.5 Å². The van der Waals surface area contributed by atoms with Gasteiger partial charge in [-0.3, -0.25) is 18.6 Å². The van der Waals surface area contributed by atoms with Crippen molar-refractivity contribution in [1.29, 1.82) is 0 Å². The summed E-state index contributed by atoms with van der Waals surface area (Å²) in [7, 11) is 1.46. The second-order valence-electron chi connectivity index (χ2n) is 23.1. The summed E-state index contributed by atoms with van der Waals surface area (Å²) in [6.45, 7) is 4.31. The van der Waals surface area contributed by atoms with Crippen LogP contribution in [-0.2, 0) is 32.7 Å². The summed E-state index contributed by atoms with van der Waals surface area (Å²) >= 11 is 0. The van der Waals surface area contributed by atoms with Gasteiger partial charge in [0.05, 0.1) is 27.7 Å². The molecule has 0 bridgehead atoms. The molecule has 0 fully saturated rings. The van der Waals surface area contributed by atoms with Gasteiger partial charge in [0.15, 0.2) is 6.10 Å². The number of hydrogen-bond donors (Lipinski definition) is 1. The Morgan fingerprint density at radius 3 is 1.04 bits per heavy atom. The van der Waals surface area contributed by atoms with Gasteiger partial charge in [0.2, 0.25) is 0 Å². The van der Waals surface area contributed by atoms with Crippen molar-refractivity contribution >= 4 is 19.8 Å². The minimum Gasteiger partial charge on any atom is -0.462 e. The van der Waals surface area contributed by atoms with Gasteiger partial charge in [0.25, 0.3) is 0 Å². The van der Waals surface area contributed by atoms with Gasteiger partial charge in [-0.1, -0.05) is 270 Å². The van der Waals surface area contributed by atoms with E-state index < -0.39 is 26.5 Å². The lowest BCUT2D eigenvalue weighted by atomic mass is 10.0. The highest BCUT2D eigenvalue weighted by molar-refractivity contribution is 7.47. The number of esters is 2. The van der Waals surface area contributed by atoms with E-state index in [0.717, 1.165) is 122 Å². The lowest BCUT2D eigenvalue weighted by Crippen LogP contribution is -2.37. The molecule has 0 saturated carbocycles. The maximum absolute atomic E-state index is 12.9. The summed E-state index contributed by atoms with van der Waals surface area (Å²) in [6, 6.07) is 0. The molecule has 0 rings (SSSR count). The van der Waals surface area contributed by atoms with E-state index in [0.29, 0.717) is 17.4 Å². The first kappa shape index (κ1) is 79.2. The van der Waals surface area contributed by atoms with Crippen LogP contribution in [0.2, 0.25) is 0 Å². The first-order chi connectivity index (χ1) is 40.5. The second kappa shape index (κ2) is 62.7. The second-order valence-corrected chi connectivity index (χ2v) is 24.6. The first-order valence-corrected chi connectivity index (χ1v) is 34.9. The summed E-state index contributed by atoms with van der Waals surface area (Å²) in [5.74, 6) is -0.809. The third kappa shape index (κ3) is 67.2. The van der Waals surface area contributed by atoms with Crippen LogP contribution in [0.3, 0.4) is 0 Å². The molecule has 0 aromatic carbocycles. The number of carbonyl (C=O) groups is 2. The molecular weight excluding hydrogens is 1050 g/mol. The summed E-state index contributed by atoms with van der Waals surface area (Å²) in [5, 5.41) is 0. The van der Waals surface area contributed by atoms with Crippen molar-refractivity contribution in [2.24, 2.45) is 0 Å². The van der Waals surface area contributed by atoms with E-state index in [4.69, 9.17) is 18.5 Å². The Kier molecular flexibility index (Phi) is 59.8. The van der Waals surface area contributed by atoms with Crippen LogP contribution in [0, 0.1) is 0 Å². The zero-order chi connectivity index (χ0) is 60.5. The molecule has 0 aromatic rings. The Bertz CT molecular complexity index is 1860. The normalized spacial score (nSPS) is 14.0. The van der Waals surface area contributed by atoms with Crippen LogP contribution in [0.4, 0.5) is 0 Å². The predicted molar refractivity (Wildman–Crippen MR) is 357 cm³/mol. The van der Waals surface area contributed by atoms with Gasteiger partial charge < -0.3 is 18.9 Å². The molecule has 0 aliphatic carbocycles. The fraction of sp³-hybridized carbons (Fsp3) is 0.671. The number of rotatable bonds is 60. The van der Waals surface area contributed by atoms with Crippen LogP contribution in [0.25, 0.3) is 0 Å². The standard InChI is InChI=1S/C73H124NO8P/c1-6-8-10-12-14-16-18-20-22-24-26-27-28-29-30-31-32-33-34-35-36-37-38-39-40-41-42-43-44-45-46-47-48-50-52-54-56-58-60-62-64-66-73(76)82-71(70-81-83(77,78)80-68-67-74(3,4)5)69-79-72(75)65-63-61-59-57-55-53-51-49-25-23-21-19-17-15-13-11-9-7-2/h8,10,14,16,20,22-23,25-27,29-30,32-33,35-36,38-39,41-42,44-45,71H,6-7,9,11-13,15,17-19,21,24,28,31,34,37,40,43,46-70H2,1-5H3/p+1/b10-8-,16-14-,22-20-,25-23-,27-26-,30-29-,33-32-,36-35-,39-38-,42-41-,45-44-. The van der Waals surface area contributed by atoms with Gasteiger partial charge in [0, 0.05) is 12.8 Å².